The number of hydrogen-bond donors (Lipinski definition) is 0. The number of hydrogen-bond acceptors (Lipinski definition) is 3. The molecule has 3 aromatic rings. The summed E-state index contributed by atoms with van der Waals surface area (Å²) in [6.07, 6.45) is 0. The van der Waals surface area contributed by atoms with E-state index in [1.165, 1.54) is 11.3 Å². The van der Waals surface area contributed by atoms with Gasteiger partial charge in [0.05, 0.1) is 7.05 Å². The Morgan fingerprint density at radius 3 is 2.60 bits per heavy atom. The molecule has 0 aliphatic heterocycles. The van der Waals surface area contributed by atoms with Crippen molar-refractivity contribution in [2.24, 2.45) is 7.05 Å². The maximum Gasteiger partial charge on any atom is 0.349 e. The molecule has 2 aromatic heterocycles. The first-order chi connectivity index (χ1) is 9.02. The van der Waals surface area contributed by atoms with Crippen molar-refractivity contribution >= 4 is 45.4 Å². The Labute approximate surface area is 125 Å². The fourth-order valence-corrected chi connectivity index (χ4v) is 3.51. The first-order valence-electron chi connectivity index (χ1n) is 5.96. The SMILES string of the molecule is CC(=O)c1sc2n(C)c(=O)c3ccccc3[n+]2c1C.Cl. The van der Waals surface area contributed by atoms with Crippen LogP contribution in [-0.4, -0.2) is 10.4 Å². The van der Waals surface area contributed by atoms with E-state index in [1.807, 2.05) is 35.6 Å². The second-order valence-electron chi connectivity index (χ2n) is 4.57. The van der Waals surface area contributed by atoms with Crippen LogP contribution < -0.4 is 9.96 Å². The number of carbonyl (C=O) groups excluding carboxylic acids is 1. The highest BCUT2D eigenvalue weighted by Gasteiger charge is 2.24. The van der Waals surface area contributed by atoms with Crippen LogP contribution in [0, 0.1) is 6.92 Å². The molecule has 0 radical (unpaired) electrons. The normalized spacial score (nSPS) is 10.8. The Kier molecular flexibility index (Phi) is 3.67. The first-order valence-corrected chi connectivity index (χ1v) is 6.78. The molecule has 2 heterocycles. The van der Waals surface area contributed by atoms with Crippen LogP contribution in [0.2, 0.25) is 0 Å². The number of rotatable bonds is 1. The molecule has 1 aromatic carbocycles. The van der Waals surface area contributed by atoms with Crippen molar-refractivity contribution in [3.05, 3.63) is 45.2 Å². The van der Waals surface area contributed by atoms with Crippen LogP contribution in [0.15, 0.2) is 29.1 Å². The number of aromatic nitrogens is 2. The Morgan fingerprint density at radius 2 is 1.95 bits per heavy atom. The van der Waals surface area contributed by atoms with E-state index in [9.17, 15) is 9.59 Å². The quantitative estimate of drug-likeness (QED) is 0.511. The van der Waals surface area contributed by atoms with Crippen LogP contribution in [0.5, 0.6) is 0 Å². The van der Waals surface area contributed by atoms with E-state index in [4.69, 9.17) is 0 Å². The van der Waals surface area contributed by atoms with Crippen LogP contribution in [0.1, 0.15) is 22.3 Å². The molecule has 104 valence electrons. The van der Waals surface area contributed by atoms with Gasteiger partial charge in [0.2, 0.25) is 0 Å². The molecule has 20 heavy (non-hydrogen) atoms. The number of thiazole rings is 1. The van der Waals surface area contributed by atoms with Crippen molar-refractivity contribution in [3.8, 4) is 0 Å². The molecule has 3 rings (SSSR count). The van der Waals surface area contributed by atoms with Crippen molar-refractivity contribution < 1.29 is 9.20 Å². The van der Waals surface area contributed by atoms with Gasteiger partial charge in [-0.15, -0.1) is 12.4 Å². The van der Waals surface area contributed by atoms with Gasteiger partial charge in [-0.1, -0.05) is 12.1 Å². The number of nitrogens with zero attached hydrogens (tertiary/aromatic N) is 2. The number of carbonyl (C=O) groups is 1. The van der Waals surface area contributed by atoms with E-state index >= 15 is 0 Å². The predicted octanol–water partition coefficient (Wildman–Crippen LogP) is 2.27. The minimum atomic E-state index is -0.0352. The third-order valence-corrected chi connectivity index (χ3v) is 4.76. The van der Waals surface area contributed by atoms with E-state index in [-0.39, 0.29) is 23.7 Å². The number of aryl methyl sites for hydroxylation is 2. The second-order valence-corrected chi connectivity index (χ2v) is 5.55. The third kappa shape index (κ3) is 1.85. The summed E-state index contributed by atoms with van der Waals surface area (Å²) in [6, 6.07) is 7.48. The standard InChI is InChI=1S/C14H13N2O2S.ClH/c1-8-12(9(2)17)19-14-15(3)13(18)10-6-4-5-7-11(10)16(8)14;/h4-7H,1-3H3;1H/q+1;. The van der Waals surface area contributed by atoms with Crippen molar-refractivity contribution in [2.45, 2.75) is 13.8 Å². The molecule has 0 fully saturated rings. The molecule has 0 saturated heterocycles. The largest absolute Gasteiger partial charge is 0.349 e. The molecule has 4 nitrogen and oxygen atoms in total. The Bertz CT molecular complexity index is 895. The van der Waals surface area contributed by atoms with Gasteiger partial charge >= 0.3 is 10.5 Å². The number of para-hydroxylation sites is 1. The molecule has 0 amide bonds. The number of Topliss-reactive ketones (excluding diaryl/α,β-unsaturated/α-hetero) is 1. The van der Waals surface area contributed by atoms with Crippen LogP contribution in [-0.2, 0) is 7.05 Å². The summed E-state index contributed by atoms with van der Waals surface area (Å²) < 4.78 is 3.59. The van der Waals surface area contributed by atoms with Gasteiger partial charge < -0.3 is 0 Å². The zero-order chi connectivity index (χ0) is 13.7. The lowest BCUT2D eigenvalue weighted by Gasteiger charge is -1.99. The van der Waals surface area contributed by atoms with Crippen LogP contribution in [0.4, 0.5) is 0 Å². The molecule has 0 aliphatic carbocycles. The molecule has 0 aliphatic rings. The summed E-state index contributed by atoms with van der Waals surface area (Å²) in [4.78, 5) is 25.5. The molecule has 0 bridgehead atoms. The average molecular weight is 310 g/mol. The minimum Gasteiger partial charge on any atom is -0.293 e. The van der Waals surface area contributed by atoms with E-state index in [2.05, 4.69) is 0 Å². The lowest BCUT2D eigenvalue weighted by atomic mass is 10.2. The lowest BCUT2D eigenvalue weighted by molar-refractivity contribution is -0.489. The molecule has 0 unspecified atom stereocenters. The summed E-state index contributed by atoms with van der Waals surface area (Å²) in [6.45, 7) is 3.47. The van der Waals surface area contributed by atoms with E-state index < -0.39 is 0 Å². The van der Waals surface area contributed by atoms with Gasteiger partial charge in [0.15, 0.2) is 5.78 Å². The van der Waals surface area contributed by atoms with Gasteiger partial charge in [0, 0.05) is 6.92 Å². The Hall–Kier alpha value is -1.72. The molecular formula is C14H14ClN2O2S+. The van der Waals surface area contributed by atoms with Crippen LogP contribution >= 0.6 is 23.7 Å². The number of halogens is 1. The summed E-state index contributed by atoms with van der Waals surface area (Å²) in [5.41, 5.74) is 1.70. The topological polar surface area (TPSA) is 43.2 Å². The molecule has 6 heteroatoms. The van der Waals surface area contributed by atoms with Crippen molar-refractivity contribution in [1.82, 2.24) is 4.57 Å². The monoisotopic (exact) mass is 309 g/mol. The zero-order valence-electron chi connectivity index (χ0n) is 11.3. The lowest BCUT2D eigenvalue weighted by Crippen LogP contribution is -2.33. The summed E-state index contributed by atoms with van der Waals surface area (Å²) in [5.74, 6) is 0.0303. The second kappa shape index (κ2) is 5.00. The molecule has 0 saturated carbocycles. The van der Waals surface area contributed by atoms with Gasteiger partial charge in [-0.25, -0.2) is 4.79 Å². The van der Waals surface area contributed by atoms with Crippen molar-refractivity contribution in [1.29, 1.82) is 0 Å². The van der Waals surface area contributed by atoms with Gasteiger partial charge in [0.25, 0.3) is 0 Å². The zero-order valence-corrected chi connectivity index (χ0v) is 13.0. The van der Waals surface area contributed by atoms with Crippen LogP contribution in [0.25, 0.3) is 15.9 Å². The fourth-order valence-electron chi connectivity index (χ4n) is 2.40. The third-order valence-electron chi connectivity index (χ3n) is 3.34. The first kappa shape index (κ1) is 14.7. The Balaban J connectivity index is 0.00000147. The maximum absolute atomic E-state index is 12.3. The summed E-state index contributed by atoms with van der Waals surface area (Å²) in [5, 5.41) is 0.665. The van der Waals surface area contributed by atoms with Crippen molar-refractivity contribution in [2.75, 3.05) is 0 Å². The van der Waals surface area contributed by atoms with Gasteiger partial charge in [-0.3, -0.25) is 4.79 Å². The number of benzene rings is 1. The molecule has 0 atom stereocenters. The Morgan fingerprint density at radius 1 is 1.30 bits per heavy atom. The highest BCUT2D eigenvalue weighted by atomic mass is 35.5. The maximum atomic E-state index is 12.3. The van der Waals surface area contributed by atoms with Crippen molar-refractivity contribution in [3.63, 3.8) is 0 Å². The summed E-state index contributed by atoms with van der Waals surface area (Å²) in [7, 11) is 1.74. The molecular weight excluding hydrogens is 296 g/mol. The van der Waals surface area contributed by atoms with Gasteiger partial charge in [0.1, 0.15) is 21.5 Å². The van der Waals surface area contributed by atoms with E-state index in [0.29, 0.717) is 10.3 Å². The highest BCUT2D eigenvalue weighted by Crippen LogP contribution is 2.19. The molecule has 0 spiro atoms. The number of ketones is 1. The smallest absolute Gasteiger partial charge is 0.293 e. The van der Waals surface area contributed by atoms with Gasteiger partial charge in [-0.05, 0) is 30.4 Å². The van der Waals surface area contributed by atoms with E-state index in [1.54, 1.807) is 18.5 Å². The molecule has 0 N–H and O–H groups in total. The minimum absolute atomic E-state index is 0. The van der Waals surface area contributed by atoms with Crippen LogP contribution in [0.3, 0.4) is 0 Å². The van der Waals surface area contributed by atoms with E-state index in [0.717, 1.165) is 16.2 Å². The highest BCUT2D eigenvalue weighted by molar-refractivity contribution is 7.18. The predicted molar refractivity (Wildman–Crippen MR) is 82.2 cm³/mol. The van der Waals surface area contributed by atoms with Gasteiger partial charge in [-0.2, -0.15) is 8.97 Å². The summed E-state index contributed by atoms with van der Waals surface area (Å²) >= 11 is 1.36. The number of fused-ring (bicyclic) bond motifs is 3. The fraction of sp³-hybridized carbons (Fsp3) is 0.214. The average Bonchev–Trinajstić information content (AvgIpc) is 2.74.